The molecule has 4 rings (SSSR count). The number of ether oxygens (including phenoxy) is 1. The molecule has 0 unspecified atom stereocenters. The lowest BCUT2D eigenvalue weighted by molar-refractivity contribution is -0.119. The van der Waals surface area contributed by atoms with Crippen molar-refractivity contribution >= 4 is 33.4 Å². The second-order valence-corrected chi connectivity index (χ2v) is 6.61. The highest BCUT2D eigenvalue weighted by Gasteiger charge is 2.31. The first-order valence-corrected chi connectivity index (χ1v) is 8.37. The van der Waals surface area contributed by atoms with Gasteiger partial charge in [0.15, 0.2) is 4.80 Å². The molecule has 6 heteroatoms. The highest BCUT2D eigenvalue weighted by molar-refractivity contribution is 7.16. The number of rotatable bonds is 2. The molecule has 1 atom stereocenters. The zero-order valence-electron chi connectivity index (χ0n) is 12.9. The summed E-state index contributed by atoms with van der Waals surface area (Å²) in [5.74, 6) is -0.678. The molecule has 1 aliphatic heterocycles. The fraction of sp³-hybridized carbons (Fsp3) is 0.167. The predicted octanol–water partition coefficient (Wildman–Crippen LogP) is 2.97. The van der Waals surface area contributed by atoms with E-state index in [1.165, 1.54) is 11.3 Å². The largest absolute Gasteiger partial charge is 0.453 e. The van der Waals surface area contributed by atoms with Crippen LogP contribution in [0, 0.1) is 0 Å². The summed E-state index contributed by atoms with van der Waals surface area (Å²) in [6.45, 7) is 0. The summed E-state index contributed by atoms with van der Waals surface area (Å²) in [7, 11) is 1.88. The van der Waals surface area contributed by atoms with E-state index in [1.54, 1.807) is 12.1 Å². The minimum atomic E-state index is -0.551. The van der Waals surface area contributed by atoms with E-state index >= 15 is 0 Å². The van der Waals surface area contributed by atoms with Crippen molar-refractivity contribution in [3.05, 3.63) is 64.5 Å². The van der Waals surface area contributed by atoms with Crippen molar-refractivity contribution in [3.8, 4) is 0 Å². The molecule has 2 aromatic carbocycles. The summed E-state index contributed by atoms with van der Waals surface area (Å²) in [6, 6.07) is 15.0. The average molecular weight is 338 g/mol. The topological polar surface area (TPSA) is 60.7 Å². The molecule has 1 aliphatic rings. The first-order valence-electron chi connectivity index (χ1n) is 7.55. The number of carbonyl (C=O) groups excluding carboxylic acids is 2. The molecular formula is C18H14N2O3S. The van der Waals surface area contributed by atoms with Crippen molar-refractivity contribution in [1.29, 1.82) is 0 Å². The molecule has 0 saturated carbocycles. The maximum atomic E-state index is 12.3. The Morgan fingerprint density at radius 1 is 1.21 bits per heavy atom. The van der Waals surface area contributed by atoms with Gasteiger partial charge in [0, 0.05) is 12.6 Å². The van der Waals surface area contributed by atoms with E-state index in [4.69, 9.17) is 4.74 Å². The van der Waals surface area contributed by atoms with Gasteiger partial charge in [0.2, 0.25) is 0 Å². The summed E-state index contributed by atoms with van der Waals surface area (Å²) < 4.78 is 8.27. The van der Waals surface area contributed by atoms with Crippen molar-refractivity contribution < 1.29 is 14.3 Å². The number of thiazole rings is 1. The number of carbonyl (C=O) groups is 2. The Morgan fingerprint density at radius 3 is 2.79 bits per heavy atom. The van der Waals surface area contributed by atoms with Gasteiger partial charge in [-0.3, -0.25) is 4.79 Å². The van der Waals surface area contributed by atoms with Crippen molar-refractivity contribution in [2.75, 3.05) is 0 Å². The zero-order valence-corrected chi connectivity index (χ0v) is 13.7. The number of para-hydroxylation sites is 1. The van der Waals surface area contributed by atoms with Crippen LogP contribution in [0.2, 0.25) is 0 Å². The van der Waals surface area contributed by atoms with Gasteiger partial charge in [-0.15, -0.1) is 0 Å². The molecule has 1 amide bonds. The zero-order chi connectivity index (χ0) is 16.7. The minimum Gasteiger partial charge on any atom is -0.453 e. The number of hydrogen-bond acceptors (Lipinski definition) is 4. The van der Waals surface area contributed by atoms with Gasteiger partial charge >= 0.3 is 5.97 Å². The van der Waals surface area contributed by atoms with Gasteiger partial charge in [0.25, 0.3) is 5.91 Å². The molecule has 3 aromatic rings. The molecule has 0 radical (unpaired) electrons. The van der Waals surface area contributed by atoms with Gasteiger partial charge in [-0.25, -0.2) is 4.79 Å². The third-order valence-corrected chi connectivity index (χ3v) is 5.18. The maximum Gasteiger partial charge on any atom is 0.339 e. The number of aromatic nitrogens is 1. The predicted molar refractivity (Wildman–Crippen MR) is 90.6 cm³/mol. The first kappa shape index (κ1) is 14.8. The maximum absolute atomic E-state index is 12.3. The molecule has 0 N–H and O–H groups in total. The Labute approximate surface area is 141 Å². The van der Waals surface area contributed by atoms with Crippen LogP contribution in [0.5, 0.6) is 0 Å². The molecule has 0 bridgehead atoms. The number of fused-ring (bicyclic) bond motifs is 2. The van der Waals surface area contributed by atoms with Crippen molar-refractivity contribution in [3.63, 3.8) is 0 Å². The van der Waals surface area contributed by atoms with Crippen LogP contribution >= 0.6 is 11.3 Å². The Balaban J connectivity index is 1.63. The van der Waals surface area contributed by atoms with Gasteiger partial charge in [-0.2, -0.15) is 4.99 Å². The van der Waals surface area contributed by atoms with Crippen LogP contribution in [0.15, 0.2) is 53.5 Å². The second-order valence-electron chi connectivity index (χ2n) is 5.60. The molecule has 2 heterocycles. The summed E-state index contributed by atoms with van der Waals surface area (Å²) in [5, 5.41) is 0. The van der Waals surface area contributed by atoms with Crippen molar-refractivity contribution in [2.45, 2.75) is 12.5 Å². The minimum absolute atomic E-state index is 0.0526. The number of nitrogens with zero attached hydrogens (tertiary/aromatic N) is 2. The van der Waals surface area contributed by atoms with E-state index in [0.717, 1.165) is 15.8 Å². The molecule has 5 nitrogen and oxygen atoms in total. The van der Waals surface area contributed by atoms with Crippen LogP contribution < -0.4 is 4.80 Å². The lowest BCUT2D eigenvalue weighted by atomic mass is 10.0. The Hall–Kier alpha value is -2.73. The van der Waals surface area contributed by atoms with E-state index in [2.05, 4.69) is 4.99 Å². The molecule has 120 valence electrons. The number of hydrogen-bond donors (Lipinski definition) is 0. The van der Waals surface area contributed by atoms with Gasteiger partial charge < -0.3 is 9.30 Å². The summed E-state index contributed by atoms with van der Waals surface area (Å²) in [5.41, 5.74) is 2.32. The monoisotopic (exact) mass is 338 g/mol. The smallest absolute Gasteiger partial charge is 0.339 e. The number of benzene rings is 2. The third kappa shape index (κ3) is 2.45. The van der Waals surface area contributed by atoms with Crippen molar-refractivity contribution in [1.82, 2.24) is 4.57 Å². The van der Waals surface area contributed by atoms with Crippen LogP contribution in [0.1, 0.15) is 28.4 Å². The van der Waals surface area contributed by atoms with Crippen LogP contribution in [0.4, 0.5) is 0 Å². The van der Waals surface area contributed by atoms with Crippen LogP contribution in [0.25, 0.3) is 10.2 Å². The molecule has 0 fully saturated rings. The molecule has 1 aromatic heterocycles. The standard InChI is InChI=1S/C18H14N2O3S/c1-20-13-8-4-5-9-15(13)24-18(20)19-16(21)10-14-11-6-2-3-7-12(11)17(22)23-14/h2-9,14H,10H2,1H3/t14-/m1/s1. The lowest BCUT2D eigenvalue weighted by Crippen LogP contribution is -2.14. The summed E-state index contributed by atoms with van der Waals surface area (Å²) >= 11 is 1.46. The Bertz CT molecular complexity index is 1030. The molecule has 0 saturated heterocycles. The average Bonchev–Trinajstić information content (AvgIpc) is 3.06. The quantitative estimate of drug-likeness (QED) is 0.675. The highest BCUT2D eigenvalue weighted by Crippen LogP contribution is 2.32. The third-order valence-electron chi connectivity index (χ3n) is 4.07. The molecule has 24 heavy (non-hydrogen) atoms. The lowest BCUT2D eigenvalue weighted by Gasteiger charge is -2.07. The molecular weight excluding hydrogens is 324 g/mol. The molecule has 0 spiro atoms. The number of amides is 1. The van der Waals surface area contributed by atoms with Crippen LogP contribution in [-0.4, -0.2) is 16.4 Å². The van der Waals surface area contributed by atoms with E-state index in [1.807, 2.05) is 48.0 Å². The van der Waals surface area contributed by atoms with Crippen LogP contribution in [0.3, 0.4) is 0 Å². The number of esters is 1. The SMILES string of the molecule is Cn1c(=NC(=O)C[C@H]2OC(=O)c3ccccc32)sc2ccccc21. The van der Waals surface area contributed by atoms with E-state index < -0.39 is 6.10 Å². The van der Waals surface area contributed by atoms with E-state index in [-0.39, 0.29) is 18.3 Å². The normalized spacial score (nSPS) is 17.1. The number of aryl methyl sites for hydroxylation is 1. The van der Waals surface area contributed by atoms with E-state index in [9.17, 15) is 9.59 Å². The highest BCUT2D eigenvalue weighted by atomic mass is 32.1. The first-order chi connectivity index (χ1) is 11.6. The Morgan fingerprint density at radius 2 is 1.96 bits per heavy atom. The summed E-state index contributed by atoms with van der Waals surface area (Å²) in [4.78, 5) is 29.0. The van der Waals surface area contributed by atoms with Gasteiger partial charge in [0.05, 0.1) is 22.2 Å². The fourth-order valence-electron chi connectivity index (χ4n) is 2.87. The van der Waals surface area contributed by atoms with Crippen LogP contribution in [-0.2, 0) is 16.6 Å². The Kier molecular flexibility index (Phi) is 3.54. The van der Waals surface area contributed by atoms with Crippen molar-refractivity contribution in [2.24, 2.45) is 12.0 Å². The van der Waals surface area contributed by atoms with Gasteiger partial charge in [-0.1, -0.05) is 41.7 Å². The van der Waals surface area contributed by atoms with Gasteiger partial charge in [-0.05, 0) is 18.2 Å². The molecule has 0 aliphatic carbocycles. The number of cyclic esters (lactones) is 1. The van der Waals surface area contributed by atoms with E-state index in [0.29, 0.717) is 10.4 Å². The van der Waals surface area contributed by atoms with Gasteiger partial charge in [0.1, 0.15) is 6.10 Å². The summed E-state index contributed by atoms with van der Waals surface area (Å²) in [6.07, 6.45) is -0.499. The fourth-order valence-corrected chi connectivity index (χ4v) is 3.91. The second kappa shape index (κ2) is 5.72.